The molecule has 31 heavy (non-hydrogen) atoms. The fourth-order valence-corrected chi connectivity index (χ4v) is 4.48. The fraction of sp³-hybridized carbons (Fsp3) is 0.348. The summed E-state index contributed by atoms with van der Waals surface area (Å²) < 4.78 is 14.4. The number of benzene rings is 2. The van der Waals surface area contributed by atoms with E-state index in [1.54, 1.807) is 23.4 Å². The van der Waals surface area contributed by atoms with Crippen LogP contribution in [0, 0.1) is 0 Å². The van der Waals surface area contributed by atoms with Crippen molar-refractivity contribution in [3.8, 4) is 5.75 Å². The highest BCUT2D eigenvalue weighted by molar-refractivity contribution is 7.99. The van der Waals surface area contributed by atoms with E-state index in [9.17, 15) is 4.79 Å². The Bertz CT molecular complexity index is 1220. The van der Waals surface area contributed by atoms with E-state index in [4.69, 9.17) is 9.47 Å². The third-order valence-electron chi connectivity index (χ3n) is 5.13. The van der Waals surface area contributed by atoms with E-state index in [0.717, 1.165) is 35.0 Å². The summed E-state index contributed by atoms with van der Waals surface area (Å²) in [5, 5.41) is 10.2. The van der Waals surface area contributed by atoms with E-state index in [1.165, 1.54) is 5.56 Å². The highest BCUT2D eigenvalue weighted by Crippen LogP contribution is 2.23. The van der Waals surface area contributed by atoms with E-state index < -0.39 is 0 Å². The molecule has 7 nitrogen and oxygen atoms in total. The van der Waals surface area contributed by atoms with Gasteiger partial charge in [0, 0.05) is 25.5 Å². The van der Waals surface area contributed by atoms with Crippen LogP contribution in [-0.4, -0.2) is 45.2 Å². The lowest BCUT2D eigenvalue weighted by molar-refractivity contribution is 0.141. The molecule has 2 aromatic carbocycles. The Labute approximate surface area is 185 Å². The molecule has 0 saturated heterocycles. The minimum absolute atomic E-state index is 0.0400. The first-order chi connectivity index (χ1) is 15.2. The van der Waals surface area contributed by atoms with Gasteiger partial charge in [0.05, 0.1) is 18.0 Å². The summed E-state index contributed by atoms with van der Waals surface area (Å²) in [6, 6.07) is 15.7. The largest absolute Gasteiger partial charge is 0.497 e. The summed E-state index contributed by atoms with van der Waals surface area (Å²) in [5.74, 6) is 2.28. The lowest BCUT2D eigenvalue weighted by Crippen LogP contribution is -2.24. The number of aromatic nitrogens is 4. The van der Waals surface area contributed by atoms with Gasteiger partial charge in [0.15, 0.2) is 5.16 Å². The van der Waals surface area contributed by atoms with Gasteiger partial charge < -0.3 is 9.47 Å². The second kappa shape index (κ2) is 9.98. The Morgan fingerprint density at radius 2 is 1.87 bits per heavy atom. The number of nitrogens with zero attached hydrogens (tertiary/aromatic N) is 4. The molecule has 0 spiro atoms. The Morgan fingerprint density at radius 1 is 1.06 bits per heavy atom. The number of ether oxygens (including phenoxy) is 2. The molecule has 0 aliphatic rings. The number of rotatable bonds is 10. The topological polar surface area (TPSA) is 70.7 Å². The lowest BCUT2D eigenvalue weighted by Gasteiger charge is -2.11. The van der Waals surface area contributed by atoms with Gasteiger partial charge in [-0.3, -0.25) is 13.8 Å². The summed E-state index contributed by atoms with van der Waals surface area (Å²) in [7, 11) is 1.67. The van der Waals surface area contributed by atoms with Crippen LogP contribution >= 0.6 is 11.8 Å². The molecule has 0 fully saturated rings. The maximum absolute atomic E-state index is 13.1. The Hall–Kier alpha value is -2.84. The van der Waals surface area contributed by atoms with Gasteiger partial charge in [-0.2, -0.15) is 0 Å². The molecule has 0 radical (unpaired) electrons. The fourth-order valence-electron chi connectivity index (χ4n) is 3.55. The zero-order valence-corrected chi connectivity index (χ0v) is 18.6. The Kier molecular flexibility index (Phi) is 6.89. The molecule has 0 bridgehead atoms. The maximum Gasteiger partial charge on any atom is 0.262 e. The van der Waals surface area contributed by atoms with Gasteiger partial charge in [-0.1, -0.05) is 36.0 Å². The highest BCUT2D eigenvalue weighted by atomic mass is 32.2. The SMILES string of the molecule is CCOCCCn1c(=O)c2ccccc2n2c(SCCc3ccc(OC)cc3)nnc12. The average molecular weight is 439 g/mol. The van der Waals surface area contributed by atoms with Crippen molar-refractivity contribution in [3.05, 3.63) is 64.4 Å². The van der Waals surface area contributed by atoms with Gasteiger partial charge in [-0.05, 0) is 49.6 Å². The average Bonchev–Trinajstić information content (AvgIpc) is 3.23. The normalized spacial score (nSPS) is 11.4. The molecular weight excluding hydrogens is 412 g/mol. The van der Waals surface area contributed by atoms with Crippen LogP contribution in [0.25, 0.3) is 16.7 Å². The van der Waals surface area contributed by atoms with Crippen LogP contribution in [-0.2, 0) is 17.7 Å². The smallest absolute Gasteiger partial charge is 0.262 e. The van der Waals surface area contributed by atoms with Gasteiger partial charge in [0.25, 0.3) is 5.56 Å². The molecule has 2 heterocycles. The number of methoxy groups -OCH3 is 1. The van der Waals surface area contributed by atoms with E-state index in [1.807, 2.05) is 47.7 Å². The molecule has 8 heteroatoms. The van der Waals surface area contributed by atoms with Crippen LogP contribution in [0.5, 0.6) is 5.75 Å². The monoisotopic (exact) mass is 438 g/mol. The Balaban J connectivity index is 1.61. The number of hydrogen-bond donors (Lipinski definition) is 0. The molecule has 4 rings (SSSR count). The van der Waals surface area contributed by atoms with Crippen LogP contribution in [0.4, 0.5) is 0 Å². The molecule has 0 aliphatic carbocycles. The number of hydrogen-bond acceptors (Lipinski definition) is 6. The number of thioether (sulfide) groups is 1. The molecule has 0 unspecified atom stereocenters. The molecule has 162 valence electrons. The standard InChI is InChI=1S/C23H26N4O3S/c1-3-30-15-6-14-26-21(28)19-7-4-5-8-20(19)27-22(26)24-25-23(27)31-16-13-17-9-11-18(29-2)12-10-17/h4-5,7-12H,3,6,13-16H2,1-2H3. The molecule has 0 amide bonds. The van der Waals surface area contributed by atoms with Crippen LogP contribution < -0.4 is 10.3 Å². The molecule has 4 aromatic rings. The molecule has 0 saturated carbocycles. The van der Waals surface area contributed by atoms with E-state index in [-0.39, 0.29) is 5.56 Å². The predicted octanol–water partition coefficient (Wildman–Crippen LogP) is 3.81. The summed E-state index contributed by atoms with van der Waals surface area (Å²) in [5.41, 5.74) is 2.03. The van der Waals surface area contributed by atoms with Crippen molar-refractivity contribution in [2.24, 2.45) is 0 Å². The molecular formula is C23H26N4O3S. The van der Waals surface area contributed by atoms with Crippen molar-refractivity contribution in [1.82, 2.24) is 19.2 Å². The van der Waals surface area contributed by atoms with Gasteiger partial charge >= 0.3 is 0 Å². The number of para-hydroxylation sites is 1. The predicted molar refractivity (Wildman–Crippen MR) is 123 cm³/mol. The second-order valence-electron chi connectivity index (χ2n) is 7.09. The molecule has 2 aromatic heterocycles. The van der Waals surface area contributed by atoms with Crippen molar-refractivity contribution in [2.75, 3.05) is 26.1 Å². The zero-order valence-electron chi connectivity index (χ0n) is 17.8. The maximum atomic E-state index is 13.1. The van der Waals surface area contributed by atoms with Crippen molar-refractivity contribution in [2.45, 2.75) is 31.5 Å². The van der Waals surface area contributed by atoms with E-state index in [0.29, 0.717) is 30.9 Å². The van der Waals surface area contributed by atoms with Crippen molar-refractivity contribution in [1.29, 1.82) is 0 Å². The summed E-state index contributed by atoms with van der Waals surface area (Å²) >= 11 is 1.64. The quantitative estimate of drug-likeness (QED) is 0.277. The van der Waals surface area contributed by atoms with Gasteiger partial charge in [-0.15, -0.1) is 10.2 Å². The summed E-state index contributed by atoms with van der Waals surface area (Å²) in [6.07, 6.45) is 1.64. The van der Waals surface area contributed by atoms with Crippen LogP contribution in [0.15, 0.2) is 58.5 Å². The van der Waals surface area contributed by atoms with E-state index >= 15 is 0 Å². The summed E-state index contributed by atoms with van der Waals surface area (Å²) in [4.78, 5) is 13.1. The van der Waals surface area contributed by atoms with Crippen molar-refractivity contribution < 1.29 is 9.47 Å². The number of fused-ring (bicyclic) bond motifs is 3. The first-order valence-electron chi connectivity index (χ1n) is 10.4. The summed E-state index contributed by atoms with van der Waals surface area (Å²) in [6.45, 7) is 3.79. The van der Waals surface area contributed by atoms with E-state index in [2.05, 4.69) is 22.3 Å². The lowest BCUT2D eigenvalue weighted by atomic mass is 10.2. The highest BCUT2D eigenvalue weighted by Gasteiger charge is 2.16. The minimum atomic E-state index is -0.0400. The Morgan fingerprint density at radius 3 is 2.65 bits per heavy atom. The molecule has 0 N–H and O–H groups in total. The molecule has 0 atom stereocenters. The van der Waals surface area contributed by atoms with Gasteiger partial charge in [-0.25, -0.2) is 0 Å². The first-order valence-corrected chi connectivity index (χ1v) is 11.4. The van der Waals surface area contributed by atoms with Crippen LogP contribution in [0.2, 0.25) is 0 Å². The third-order valence-corrected chi connectivity index (χ3v) is 6.06. The first kappa shape index (κ1) is 21.4. The van der Waals surface area contributed by atoms with Crippen LogP contribution in [0.3, 0.4) is 0 Å². The third kappa shape index (κ3) is 4.60. The molecule has 0 aliphatic heterocycles. The number of aryl methyl sites for hydroxylation is 2. The van der Waals surface area contributed by atoms with Gasteiger partial charge in [0.2, 0.25) is 5.78 Å². The van der Waals surface area contributed by atoms with Gasteiger partial charge in [0.1, 0.15) is 5.75 Å². The second-order valence-corrected chi connectivity index (χ2v) is 8.15. The van der Waals surface area contributed by atoms with Crippen molar-refractivity contribution >= 4 is 28.4 Å². The minimum Gasteiger partial charge on any atom is -0.497 e. The van der Waals surface area contributed by atoms with Crippen LogP contribution in [0.1, 0.15) is 18.9 Å². The van der Waals surface area contributed by atoms with Crippen molar-refractivity contribution in [3.63, 3.8) is 0 Å². The zero-order chi connectivity index (χ0) is 21.6.